The number of hydrogen-bond acceptors (Lipinski definition) is 2. The third-order valence-electron chi connectivity index (χ3n) is 3.79. The van der Waals surface area contributed by atoms with Crippen LogP contribution in [0.1, 0.15) is 22.6 Å². The summed E-state index contributed by atoms with van der Waals surface area (Å²) in [5, 5.41) is 4.54. The minimum absolute atomic E-state index is 0. The van der Waals surface area contributed by atoms with Crippen LogP contribution in [0.25, 0.3) is 22.6 Å². The number of rotatable bonds is 5. The summed E-state index contributed by atoms with van der Waals surface area (Å²) in [4.78, 5) is 9.83. The Balaban J connectivity index is 0.00000196. The van der Waals surface area contributed by atoms with Gasteiger partial charge in [-0.1, -0.05) is 62.1 Å². The predicted molar refractivity (Wildman–Crippen MR) is 112 cm³/mol. The molecule has 0 bridgehead atoms. The van der Waals surface area contributed by atoms with E-state index in [1.54, 1.807) is 0 Å². The summed E-state index contributed by atoms with van der Waals surface area (Å²) >= 11 is 0. The molecule has 0 unspecified atom stereocenters. The molecule has 0 aliphatic heterocycles. The molecule has 2 heterocycles. The molecule has 4 nitrogen and oxygen atoms in total. The molecule has 0 amide bonds. The Morgan fingerprint density at radius 2 is 1.68 bits per heavy atom. The average Bonchev–Trinajstić information content (AvgIpc) is 2.92. The fourth-order valence-corrected chi connectivity index (χ4v) is 3.71. The molecule has 3 rings (SSSR count). The van der Waals surface area contributed by atoms with Crippen molar-refractivity contribution >= 4 is 20.0 Å². The first-order valence-corrected chi connectivity index (χ1v) is 12.3. The molecule has 1 aromatic carbocycles. The molecule has 0 fully saturated rings. The summed E-state index contributed by atoms with van der Waals surface area (Å²) in [5.41, 5.74) is 5.06. The van der Waals surface area contributed by atoms with Gasteiger partial charge in [-0.2, -0.15) is 5.10 Å². The molecule has 28 heavy (non-hydrogen) atoms. The summed E-state index contributed by atoms with van der Waals surface area (Å²) in [6, 6.07) is 18.4. The standard InChI is InChI=1S/C21H25N4Si.ClH.Zn/c1-16-14-17(2)25(23-16)21-13-9-12-19(22-21)15-20(24-26(3,4)5)18-10-7-6-8-11-18;;/h6-15H,1-5H3;1H;/q-1;;+2/p-1/b20-15-;;. The average molecular weight is 462 g/mol. The number of nitrogens with zero attached hydrogens (tertiary/aromatic N) is 4. The van der Waals surface area contributed by atoms with E-state index in [1.807, 2.05) is 54.9 Å². The van der Waals surface area contributed by atoms with E-state index >= 15 is 0 Å². The fourth-order valence-electron chi connectivity index (χ4n) is 2.79. The Morgan fingerprint density at radius 3 is 2.25 bits per heavy atom. The molecular weight excluding hydrogens is 437 g/mol. The van der Waals surface area contributed by atoms with Crippen LogP contribution in [-0.2, 0) is 19.5 Å². The zero-order valence-electron chi connectivity index (χ0n) is 17.1. The van der Waals surface area contributed by atoms with Crippen molar-refractivity contribution in [2.45, 2.75) is 33.5 Å². The summed E-state index contributed by atoms with van der Waals surface area (Å²) in [6.45, 7) is 10.8. The second-order valence-electron chi connectivity index (χ2n) is 7.44. The van der Waals surface area contributed by atoms with Crippen LogP contribution in [0, 0.1) is 13.8 Å². The molecule has 0 aliphatic carbocycles. The molecular formula is C21H25ClN4SiZn. The Morgan fingerprint density at radius 1 is 1.00 bits per heavy atom. The van der Waals surface area contributed by atoms with Gasteiger partial charge >= 0.3 is 19.5 Å². The molecule has 2 aromatic heterocycles. The van der Waals surface area contributed by atoms with Crippen molar-refractivity contribution < 1.29 is 31.9 Å². The normalized spacial score (nSPS) is 11.4. The number of pyridine rings is 1. The zero-order chi connectivity index (χ0) is 18.7. The first-order valence-electron chi connectivity index (χ1n) is 8.82. The molecule has 0 aliphatic rings. The van der Waals surface area contributed by atoms with Gasteiger partial charge in [0, 0.05) is 5.69 Å². The van der Waals surface area contributed by atoms with Crippen LogP contribution in [0.15, 0.2) is 54.6 Å². The summed E-state index contributed by atoms with van der Waals surface area (Å²) in [6.07, 6.45) is 2.07. The molecule has 0 N–H and O–H groups in total. The Hall–Kier alpha value is -1.75. The molecule has 3 aromatic rings. The molecule has 0 radical (unpaired) electrons. The minimum Gasteiger partial charge on any atom is -1.00 e. The maximum absolute atomic E-state index is 5.04. The maximum atomic E-state index is 5.04. The van der Waals surface area contributed by atoms with Gasteiger partial charge in [-0.05, 0) is 45.8 Å². The van der Waals surface area contributed by atoms with E-state index in [1.165, 1.54) is 0 Å². The molecule has 0 spiro atoms. The van der Waals surface area contributed by atoms with E-state index in [9.17, 15) is 0 Å². The smallest absolute Gasteiger partial charge is 1.00 e. The maximum Gasteiger partial charge on any atom is 2.00 e. The topological polar surface area (TPSA) is 44.8 Å². The molecule has 0 saturated carbocycles. The quantitative estimate of drug-likeness (QED) is 0.548. The summed E-state index contributed by atoms with van der Waals surface area (Å²) < 4.78 is 1.88. The Labute approximate surface area is 187 Å². The van der Waals surface area contributed by atoms with E-state index < -0.39 is 8.24 Å². The number of halogens is 1. The first-order chi connectivity index (χ1) is 12.3. The van der Waals surface area contributed by atoms with Gasteiger partial charge in [0.05, 0.1) is 11.4 Å². The van der Waals surface area contributed by atoms with Gasteiger partial charge in [-0.15, -0.1) is 5.70 Å². The molecule has 0 atom stereocenters. The SMILES string of the molecule is Cc1cc(C)n(-c2cccc(/C=C(\[N-][Si](C)(C)C)c3ccccc3)n2)n1.[Cl-].[Zn+2]. The van der Waals surface area contributed by atoms with Crippen molar-refractivity contribution in [3.63, 3.8) is 0 Å². The zero-order valence-corrected chi connectivity index (χ0v) is 21.9. The van der Waals surface area contributed by atoms with Crippen LogP contribution >= 0.6 is 0 Å². The second-order valence-corrected chi connectivity index (χ2v) is 12.0. The van der Waals surface area contributed by atoms with Crippen molar-refractivity contribution in [3.05, 3.63) is 82.2 Å². The van der Waals surface area contributed by atoms with Crippen LogP contribution < -0.4 is 12.4 Å². The van der Waals surface area contributed by atoms with E-state index in [0.29, 0.717) is 0 Å². The predicted octanol–water partition coefficient (Wildman–Crippen LogP) is 2.59. The van der Waals surface area contributed by atoms with Crippen molar-refractivity contribution in [1.82, 2.24) is 14.8 Å². The molecule has 7 heteroatoms. The Kier molecular flexibility index (Phi) is 8.80. The van der Waals surface area contributed by atoms with Crippen molar-refractivity contribution in [2.75, 3.05) is 0 Å². The van der Waals surface area contributed by atoms with Crippen LogP contribution in [0.2, 0.25) is 19.6 Å². The molecule has 0 saturated heterocycles. The van der Waals surface area contributed by atoms with Gasteiger partial charge in [0.1, 0.15) is 0 Å². The number of benzene rings is 1. The largest absolute Gasteiger partial charge is 2.00 e. The van der Waals surface area contributed by atoms with Crippen LogP contribution in [0.5, 0.6) is 0 Å². The number of hydrogen-bond donors (Lipinski definition) is 0. The van der Waals surface area contributed by atoms with Gasteiger partial charge in [-0.25, -0.2) is 9.67 Å². The van der Waals surface area contributed by atoms with Gasteiger partial charge in [0.2, 0.25) is 0 Å². The van der Waals surface area contributed by atoms with E-state index in [-0.39, 0.29) is 31.9 Å². The van der Waals surface area contributed by atoms with Crippen molar-refractivity contribution in [3.8, 4) is 5.82 Å². The van der Waals surface area contributed by atoms with E-state index in [0.717, 1.165) is 34.2 Å². The van der Waals surface area contributed by atoms with E-state index in [4.69, 9.17) is 9.97 Å². The summed E-state index contributed by atoms with van der Waals surface area (Å²) in [7, 11) is -1.63. The van der Waals surface area contributed by atoms with Gasteiger partial charge in [0.25, 0.3) is 0 Å². The van der Waals surface area contributed by atoms with Crippen LogP contribution in [0.3, 0.4) is 0 Å². The van der Waals surface area contributed by atoms with E-state index in [2.05, 4.69) is 49.0 Å². The number of aryl methyl sites for hydroxylation is 2. The minimum atomic E-state index is -1.63. The van der Waals surface area contributed by atoms with Crippen LogP contribution in [0.4, 0.5) is 0 Å². The van der Waals surface area contributed by atoms with Gasteiger partial charge < -0.3 is 17.4 Å². The van der Waals surface area contributed by atoms with Crippen molar-refractivity contribution in [2.24, 2.45) is 0 Å². The monoisotopic (exact) mass is 460 g/mol. The fraction of sp³-hybridized carbons (Fsp3) is 0.238. The van der Waals surface area contributed by atoms with Gasteiger partial charge in [0.15, 0.2) is 5.82 Å². The van der Waals surface area contributed by atoms with Gasteiger partial charge in [-0.3, -0.25) is 0 Å². The third-order valence-corrected chi connectivity index (χ3v) is 4.70. The van der Waals surface area contributed by atoms with Crippen LogP contribution in [-0.4, -0.2) is 23.0 Å². The molecule has 142 valence electrons. The Bertz CT molecular complexity index is 933. The summed E-state index contributed by atoms with van der Waals surface area (Å²) in [5.74, 6) is 0.824. The second kappa shape index (κ2) is 10.1. The third kappa shape index (κ3) is 6.40. The first kappa shape index (κ1) is 24.3. The number of aromatic nitrogens is 3. The van der Waals surface area contributed by atoms with Crippen molar-refractivity contribution in [1.29, 1.82) is 0 Å².